The van der Waals surface area contributed by atoms with Crippen molar-refractivity contribution in [3.8, 4) is 0 Å². The summed E-state index contributed by atoms with van der Waals surface area (Å²) in [5.41, 5.74) is -0.552. The molecule has 0 aliphatic carbocycles. The number of rotatable bonds is 3. The van der Waals surface area contributed by atoms with Gasteiger partial charge >= 0.3 is 11.9 Å². The summed E-state index contributed by atoms with van der Waals surface area (Å²) in [5.74, 6) is -3.34. The summed E-state index contributed by atoms with van der Waals surface area (Å²) in [6.07, 6.45) is 0.355. The van der Waals surface area contributed by atoms with Gasteiger partial charge in [-0.3, -0.25) is 0 Å². The van der Waals surface area contributed by atoms with E-state index in [0.717, 1.165) is 0 Å². The van der Waals surface area contributed by atoms with Crippen LogP contribution in [0.3, 0.4) is 0 Å². The van der Waals surface area contributed by atoms with Gasteiger partial charge in [0.25, 0.3) is 0 Å². The summed E-state index contributed by atoms with van der Waals surface area (Å²) in [6, 6.07) is 0. The molecular weight excluding hydrogens is 178 g/mol. The van der Waals surface area contributed by atoms with Crippen LogP contribution < -0.4 is 0 Å². The van der Waals surface area contributed by atoms with Gasteiger partial charge < -0.3 is 14.6 Å². The van der Waals surface area contributed by atoms with Crippen LogP contribution in [0.1, 0.15) is 33.9 Å². The molecule has 6 heteroatoms. The first-order valence-corrected chi connectivity index (χ1v) is 3.52. The molecule has 0 spiro atoms. The van der Waals surface area contributed by atoms with Crippen molar-refractivity contribution in [2.24, 2.45) is 0 Å². The number of nitrogens with zero attached hydrogens (tertiary/aromatic N) is 1. The number of aryl methyl sites for hydroxylation is 1. The molecule has 70 valence electrons. The normalized spacial score (nSPS) is 9.92. The van der Waals surface area contributed by atoms with E-state index in [4.69, 9.17) is 14.6 Å². The van der Waals surface area contributed by atoms with E-state index in [-0.39, 0.29) is 5.89 Å². The zero-order valence-electron chi connectivity index (χ0n) is 6.77. The number of hydrogen-bond acceptors (Lipinski definition) is 4. The first-order chi connectivity index (χ1) is 6.06. The number of aromatic carboxylic acids is 2. The Morgan fingerprint density at radius 2 is 2.00 bits per heavy atom. The van der Waals surface area contributed by atoms with Crippen molar-refractivity contribution < 1.29 is 24.2 Å². The largest absolute Gasteiger partial charge is 0.476 e. The fourth-order valence-corrected chi connectivity index (χ4v) is 0.806. The van der Waals surface area contributed by atoms with Crippen molar-refractivity contribution in [2.75, 3.05) is 0 Å². The maximum Gasteiger partial charge on any atom is 0.374 e. The Kier molecular flexibility index (Phi) is 2.32. The minimum Gasteiger partial charge on any atom is -0.476 e. The molecular formula is C7H7NO5. The minimum atomic E-state index is -1.43. The molecule has 2 N–H and O–H groups in total. The second-order valence-corrected chi connectivity index (χ2v) is 2.25. The third-order valence-electron chi connectivity index (χ3n) is 1.37. The van der Waals surface area contributed by atoms with Gasteiger partial charge in [-0.2, -0.15) is 0 Å². The van der Waals surface area contributed by atoms with Gasteiger partial charge in [0.2, 0.25) is 11.5 Å². The summed E-state index contributed by atoms with van der Waals surface area (Å²) >= 11 is 0. The average molecular weight is 185 g/mol. The number of carbonyl (C=O) groups is 2. The molecule has 0 atom stereocenters. The lowest BCUT2D eigenvalue weighted by Crippen LogP contribution is -2.05. The minimum absolute atomic E-state index is 0.106. The van der Waals surface area contributed by atoms with Crippen LogP contribution in [0.15, 0.2) is 4.42 Å². The highest BCUT2D eigenvalue weighted by molar-refractivity contribution is 5.98. The molecule has 0 unspecified atom stereocenters. The van der Waals surface area contributed by atoms with Crippen molar-refractivity contribution in [3.63, 3.8) is 0 Å². The van der Waals surface area contributed by atoms with Gasteiger partial charge in [-0.25, -0.2) is 14.6 Å². The number of oxazole rings is 1. The van der Waals surface area contributed by atoms with E-state index in [0.29, 0.717) is 6.42 Å². The molecule has 0 aliphatic rings. The molecule has 0 saturated heterocycles. The van der Waals surface area contributed by atoms with E-state index in [2.05, 4.69) is 4.98 Å². The molecule has 0 amide bonds. The average Bonchev–Trinajstić information content (AvgIpc) is 2.47. The van der Waals surface area contributed by atoms with Gasteiger partial charge in [0, 0.05) is 6.42 Å². The number of carboxylic acid groups (broad SMARTS) is 2. The highest BCUT2D eigenvalue weighted by atomic mass is 16.4. The number of aromatic nitrogens is 1. The molecule has 0 aromatic carbocycles. The first-order valence-electron chi connectivity index (χ1n) is 3.52. The highest BCUT2D eigenvalue weighted by Crippen LogP contribution is 2.11. The van der Waals surface area contributed by atoms with Crippen molar-refractivity contribution in [3.05, 3.63) is 17.3 Å². The topological polar surface area (TPSA) is 101 Å². The molecule has 0 bridgehead atoms. The SMILES string of the molecule is CCc1nc(C(=O)O)c(C(=O)O)o1. The molecule has 0 fully saturated rings. The van der Waals surface area contributed by atoms with Crippen LogP contribution in [-0.2, 0) is 6.42 Å². The predicted octanol–water partition coefficient (Wildman–Crippen LogP) is 0.633. The summed E-state index contributed by atoms with van der Waals surface area (Å²) in [4.78, 5) is 24.4. The van der Waals surface area contributed by atoms with Gasteiger partial charge in [-0.1, -0.05) is 6.92 Å². The van der Waals surface area contributed by atoms with E-state index in [1.54, 1.807) is 6.92 Å². The molecule has 1 heterocycles. The molecule has 13 heavy (non-hydrogen) atoms. The Morgan fingerprint density at radius 1 is 1.38 bits per heavy atom. The predicted molar refractivity (Wildman–Crippen MR) is 39.8 cm³/mol. The van der Waals surface area contributed by atoms with E-state index in [1.807, 2.05) is 0 Å². The van der Waals surface area contributed by atoms with Crippen LogP contribution >= 0.6 is 0 Å². The third kappa shape index (κ3) is 1.66. The summed E-state index contributed by atoms with van der Waals surface area (Å²) in [6.45, 7) is 1.68. The third-order valence-corrected chi connectivity index (χ3v) is 1.37. The van der Waals surface area contributed by atoms with E-state index >= 15 is 0 Å². The Hall–Kier alpha value is -1.85. The fourth-order valence-electron chi connectivity index (χ4n) is 0.806. The monoisotopic (exact) mass is 185 g/mol. The van der Waals surface area contributed by atoms with E-state index < -0.39 is 23.4 Å². The Labute approximate surface area is 72.8 Å². The Morgan fingerprint density at radius 3 is 2.31 bits per heavy atom. The van der Waals surface area contributed by atoms with Crippen molar-refractivity contribution in [1.29, 1.82) is 0 Å². The zero-order valence-corrected chi connectivity index (χ0v) is 6.77. The number of hydrogen-bond donors (Lipinski definition) is 2. The van der Waals surface area contributed by atoms with Gasteiger partial charge in [0.05, 0.1) is 0 Å². The lowest BCUT2D eigenvalue weighted by Gasteiger charge is -1.86. The highest BCUT2D eigenvalue weighted by Gasteiger charge is 2.23. The van der Waals surface area contributed by atoms with Crippen molar-refractivity contribution >= 4 is 11.9 Å². The molecule has 0 radical (unpaired) electrons. The zero-order chi connectivity index (χ0) is 10.0. The molecule has 1 rings (SSSR count). The van der Waals surface area contributed by atoms with Gasteiger partial charge in [-0.05, 0) is 0 Å². The van der Waals surface area contributed by atoms with Crippen molar-refractivity contribution in [2.45, 2.75) is 13.3 Å². The Bertz CT molecular complexity index is 322. The summed E-state index contributed by atoms with van der Waals surface area (Å²) < 4.78 is 4.70. The van der Waals surface area contributed by atoms with E-state index in [9.17, 15) is 9.59 Å². The summed E-state index contributed by atoms with van der Waals surface area (Å²) in [5, 5.41) is 17.1. The van der Waals surface area contributed by atoms with Gasteiger partial charge in [0.15, 0.2) is 5.89 Å². The maximum atomic E-state index is 10.5. The fraction of sp³-hybridized carbons (Fsp3) is 0.286. The second-order valence-electron chi connectivity index (χ2n) is 2.25. The van der Waals surface area contributed by atoms with Crippen LogP contribution in [0.5, 0.6) is 0 Å². The second kappa shape index (κ2) is 3.26. The Balaban J connectivity index is 3.23. The van der Waals surface area contributed by atoms with Crippen LogP contribution in [-0.4, -0.2) is 27.1 Å². The molecule has 1 aromatic rings. The molecule has 1 aromatic heterocycles. The molecule has 0 aliphatic heterocycles. The van der Waals surface area contributed by atoms with Gasteiger partial charge in [0.1, 0.15) is 0 Å². The van der Waals surface area contributed by atoms with E-state index in [1.165, 1.54) is 0 Å². The molecule has 6 nitrogen and oxygen atoms in total. The molecule has 0 saturated carbocycles. The van der Waals surface area contributed by atoms with Crippen LogP contribution in [0.4, 0.5) is 0 Å². The smallest absolute Gasteiger partial charge is 0.374 e. The first kappa shape index (κ1) is 9.24. The lowest BCUT2D eigenvalue weighted by molar-refractivity contribution is 0.0623. The quantitative estimate of drug-likeness (QED) is 0.716. The van der Waals surface area contributed by atoms with Crippen LogP contribution in [0.25, 0.3) is 0 Å². The van der Waals surface area contributed by atoms with Gasteiger partial charge in [-0.15, -0.1) is 0 Å². The van der Waals surface area contributed by atoms with Crippen LogP contribution in [0.2, 0.25) is 0 Å². The standard InChI is InChI=1S/C7H7NO5/c1-2-3-8-4(6(9)10)5(13-3)7(11)12/h2H2,1H3,(H,9,10)(H,11,12). The lowest BCUT2D eigenvalue weighted by atomic mass is 10.3. The number of carboxylic acids is 2. The summed E-state index contributed by atoms with van der Waals surface area (Å²) in [7, 11) is 0. The maximum absolute atomic E-state index is 10.5. The van der Waals surface area contributed by atoms with Crippen LogP contribution in [0, 0.1) is 0 Å². The van der Waals surface area contributed by atoms with Crippen molar-refractivity contribution in [1.82, 2.24) is 4.98 Å².